The predicted molar refractivity (Wildman–Crippen MR) is 53.6 cm³/mol. The number of oxazole rings is 1. The van der Waals surface area contributed by atoms with Gasteiger partial charge in [-0.15, -0.1) is 0 Å². The molecule has 1 fully saturated rings. The predicted octanol–water partition coefficient (Wildman–Crippen LogP) is 2.12. The fourth-order valence-electron chi connectivity index (χ4n) is 2.19. The lowest BCUT2D eigenvalue weighted by Gasteiger charge is -1.96. The largest absolute Gasteiger partial charge is 0.481 e. The van der Waals surface area contributed by atoms with Crippen LogP contribution in [0.4, 0.5) is 0 Å². The van der Waals surface area contributed by atoms with Gasteiger partial charge in [-0.05, 0) is 19.3 Å². The van der Waals surface area contributed by atoms with Crippen molar-refractivity contribution in [2.75, 3.05) is 0 Å². The first-order valence-corrected chi connectivity index (χ1v) is 5.02. The van der Waals surface area contributed by atoms with Gasteiger partial charge in [0.1, 0.15) is 5.76 Å². The number of nitrogens with zero attached hydrogens (tertiary/aromatic N) is 1. The van der Waals surface area contributed by atoms with Crippen molar-refractivity contribution in [2.45, 2.75) is 33.6 Å². The Morgan fingerprint density at radius 3 is 2.40 bits per heavy atom. The van der Waals surface area contributed by atoms with Crippen molar-refractivity contribution in [3.63, 3.8) is 0 Å². The van der Waals surface area contributed by atoms with Crippen molar-refractivity contribution in [1.82, 2.24) is 4.98 Å². The third kappa shape index (κ3) is 1.35. The molecule has 4 nitrogen and oxygen atoms in total. The van der Waals surface area contributed by atoms with E-state index in [1.165, 1.54) is 0 Å². The molecule has 1 aliphatic carbocycles. The van der Waals surface area contributed by atoms with Crippen LogP contribution in [-0.4, -0.2) is 16.1 Å². The molecule has 1 aromatic heterocycles. The maximum atomic E-state index is 11.0. The van der Waals surface area contributed by atoms with Crippen molar-refractivity contribution in [3.05, 3.63) is 17.3 Å². The van der Waals surface area contributed by atoms with Gasteiger partial charge in [0.2, 0.25) is 0 Å². The molecule has 1 heterocycles. The second-order valence-corrected chi connectivity index (χ2v) is 4.81. The fraction of sp³-hybridized carbons (Fsp3) is 0.636. The summed E-state index contributed by atoms with van der Waals surface area (Å²) >= 11 is 0. The minimum Gasteiger partial charge on any atom is -0.481 e. The first-order valence-electron chi connectivity index (χ1n) is 5.02. The maximum Gasteiger partial charge on any atom is 0.307 e. The van der Waals surface area contributed by atoms with Crippen LogP contribution in [0.1, 0.15) is 37.1 Å². The van der Waals surface area contributed by atoms with Gasteiger partial charge < -0.3 is 9.52 Å². The number of carbonyl (C=O) groups is 1. The molecule has 0 saturated heterocycles. The molecule has 2 rings (SSSR count). The van der Waals surface area contributed by atoms with E-state index in [0.717, 1.165) is 11.5 Å². The first-order chi connectivity index (χ1) is 6.85. The average molecular weight is 209 g/mol. The molecule has 0 spiro atoms. The van der Waals surface area contributed by atoms with Gasteiger partial charge in [0, 0.05) is 0 Å². The molecular weight excluding hydrogens is 194 g/mol. The van der Waals surface area contributed by atoms with Crippen molar-refractivity contribution in [3.8, 4) is 0 Å². The zero-order valence-electron chi connectivity index (χ0n) is 9.37. The van der Waals surface area contributed by atoms with E-state index < -0.39 is 5.97 Å². The molecule has 1 aromatic rings. The number of hydrogen-bond acceptors (Lipinski definition) is 3. The summed E-state index contributed by atoms with van der Waals surface area (Å²) < 4.78 is 5.48. The van der Waals surface area contributed by atoms with E-state index in [1.807, 2.05) is 27.7 Å². The van der Waals surface area contributed by atoms with Gasteiger partial charge >= 0.3 is 5.97 Å². The van der Waals surface area contributed by atoms with Crippen molar-refractivity contribution in [1.29, 1.82) is 0 Å². The second kappa shape index (κ2) is 2.84. The number of aliphatic carboxylic acids is 1. The quantitative estimate of drug-likeness (QED) is 0.810. The Morgan fingerprint density at radius 1 is 1.47 bits per heavy atom. The highest BCUT2D eigenvalue weighted by molar-refractivity contribution is 5.77. The number of hydrogen-bond donors (Lipinski definition) is 1. The van der Waals surface area contributed by atoms with Gasteiger partial charge in [0.15, 0.2) is 5.89 Å². The lowest BCUT2D eigenvalue weighted by atomic mass is 10.1. The highest BCUT2D eigenvalue weighted by Gasteiger charge is 2.65. The van der Waals surface area contributed by atoms with E-state index in [0.29, 0.717) is 5.89 Å². The Balaban J connectivity index is 2.31. The highest BCUT2D eigenvalue weighted by atomic mass is 16.4. The molecule has 82 valence electrons. The first kappa shape index (κ1) is 10.2. The topological polar surface area (TPSA) is 63.3 Å². The van der Waals surface area contributed by atoms with Crippen molar-refractivity contribution >= 4 is 5.97 Å². The smallest absolute Gasteiger partial charge is 0.307 e. The number of carboxylic acid groups (broad SMARTS) is 1. The average Bonchev–Trinajstić information content (AvgIpc) is 2.52. The zero-order valence-corrected chi connectivity index (χ0v) is 9.37. The molecule has 1 aliphatic rings. The molecule has 0 amide bonds. The van der Waals surface area contributed by atoms with E-state index in [9.17, 15) is 4.79 Å². The molecule has 0 aliphatic heterocycles. The summed E-state index contributed by atoms with van der Waals surface area (Å²) in [4.78, 5) is 15.3. The summed E-state index contributed by atoms with van der Waals surface area (Å²) in [7, 11) is 0. The monoisotopic (exact) mass is 209 g/mol. The Labute approximate surface area is 88.3 Å². The molecule has 0 bridgehead atoms. The maximum absolute atomic E-state index is 11.0. The number of carboxylic acids is 1. The molecule has 2 atom stereocenters. The van der Waals surface area contributed by atoms with Crippen molar-refractivity contribution in [2.24, 2.45) is 11.3 Å². The van der Waals surface area contributed by atoms with E-state index >= 15 is 0 Å². The van der Waals surface area contributed by atoms with Gasteiger partial charge in [-0.25, -0.2) is 4.98 Å². The Hall–Kier alpha value is -1.32. The Bertz CT molecular complexity index is 400. The minimum atomic E-state index is -0.765. The minimum absolute atomic E-state index is 0.0811. The molecule has 2 unspecified atom stereocenters. The van der Waals surface area contributed by atoms with Crippen LogP contribution in [0.25, 0.3) is 0 Å². The molecule has 0 aromatic carbocycles. The summed E-state index contributed by atoms with van der Waals surface area (Å²) in [6.45, 7) is 7.58. The van der Waals surface area contributed by atoms with E-state index in [2.05, 4.69) is 4.98 Å². The van der Waals surface area contributed by atoms with Gasteiger partial charge in [-0.1, -0.05) is 13.8 Å². The second-order valence-electron chi connectivity index (χ2n) is 4.81. The van der Waals surface area contributed by atoms with Crippen LogP contribution in [0.15, 0.2) is 4.42 Å². The van der Waals surface area contributed by atoms with E-state index in [-0.39, 0.29) is 17.3 Å². The summed E-state index contributed by atoms with van der Waals surface area (Å²) in [5, 5.41) is 9.03. The zero-order chi connectivity index (χ0) is 11.4. The lowest BCUT2D eigenvalue weighted by Crippen LogP contribution is -2.03. The van der Waals surface area contributed by atoms with Crippen LogP contribution in [0.3, 0.4) is 0 Å². The van der Waals surface area contributed by atoms with Crippen molar-refractivity contribution < 1.29 is 14.3 Å². The summed E-state index contributed by atoms with van der Waals surface area (Å²) in [6.07, 6.45) is 0. The number of aryl methyl sites for hydroxylation is 2. The lowest BCUT2D eigenvalue weighted by molar-refractivity contribution is -0.139. The van der Waals surface area contributed by atoms with Crippen LogP contribution >= 0.6 is 0 Å². The standard InChI is InChI=1S/C11H15NO3/c1-5-6(2)15-9(12-5)7-8(10(13)14)11(7,3)4/h7-8H,1-4H3,(H,13,14). The van der Waals surface area contributed by atoms with Crippen LogP contribution in [0.2, 0.25) is 0 Å². The highest BCUT2D eigenvalue weighted by Crippen LogP contribution is 2.64. The van der Waals surface area contributed by atoms with Crippen LogP contribution in [-0.2, 0) is 4.79 Å². The third-order valence-electron chi connectivity index (χ3n) is 3.40. The molecule has 1 N–H and O–H groups in total. The molecule has 1 saturated carbocycles. The summed E-state index contributed by atoms with van der Waals surface area (Å²) in [5.41, 5.74) is 0.604. The van der Waals surface area contributed by atoms with E-state index in [1.54, 1.807) is 0 Å². The summed E-state index contributed by atoms with van der Waals surface area (Å²) in [6, 6.07) is 0. The van der Waals surface area contributed by atoms with Crippen LogP contribution in [0, 0.1) is 25.2 Å². The van der Waals surface area contributed by atoms with E-state index in [4.69, 9.17) is 9.52 Å². The SMILES string of the molecule is Cc1nc(C2C(C(=O)O)C2(C)C)oc1C. The third-order valence-corrected chi connectivity index (χ3v) is 3.40. The molecule has 4 heteroatoms. The Kier molecular flexibility index (Phi) is 1.93. The fourth-order valence-corrected chi connectivity index (χ4v) is 2.19. The van der Waals surface area contributed by atoms with Gasteiger partial charge in [0.25, 0.3) is 0 Å². The van der Waals surface area contributed by atoms with Crippen LogP contribution in [0.5, 0.6) is 0 Å². The number of rotatable bonds is 2. The van der Waals surface area contributed by atoms with Gasteiger partial charge in [-0.3, -0.25) is 4.79 Å². The Morgan fingerprint density at radius 2 is 2.07 bits per heavy atom. The molecule has 0 radical (unpaired) electrons. The summed E-state index contributed by atoms with van der Waals surface area (Å²) in [5.74, 6) is 0.134. The number of aromatic nitrogens is 1. The van der Waals surface area contributed by atoms with Crippen LogP contribution < -0.4 is 0 Å². The molecular formula is C11H15NO3. The molecule has 15 heavy (non-hydrogen) atoms. The normalized spacial score (nSPS) is 27.7. The van der Waals surface area contributed by atoms with Gasteiger partial charge in [0.05, 0.1) is 17.5 Å². The van der Waals surface area contributed by atoms with Gasteiger partial charge in [-0.2, -0.15) is 0 Å².